The SMILES string of the molecule is Nc1ccc2[nH]nc(C(F)F)c2c1. The van der Waals surface area contributed by atoms with E-state index >= 15 is 0 Å². The van der Waals surface area contributed by atoms with Crippen molar-refractivity contribution in [3.63, 3.8) is 0 Å². The third-order valence-electron chi connectivity index (χ3n) is 1.82. The molecule has 0 aliphatic carbocycles. The third-order valence-corrected chi connectivity index (χ3v) is 1.82. The second-order valence-corrected chi connectivity index (χ2v) is 2.71. The zero-order valence-electron chi connectivity index (χ0n) is 6.59. The highest BCUT2D eigenvalue weighted by atomic mass is 19.3. The number of nitrogens with two attached hydrogens (primary N) is 1. The topological polar surface area (TPSA) is 54.7 Å². The maximum absolute atomic E-state index is 12.3. The Kier molecular flexibility index (Phi) is 1.65. The Morgan fingerprint density at radius 1 is 1.38 bits per heavy atom. The Labute approximate surface area is 72.5 Å². The largest absolute Gasteiger partial charge is 0.399 e. The summed E-state index contributed by atoms with van der Waals surface area (Å²) in [5, 5.41) is 6.40. The van der Waals surface area contributed by atoms with Crippen LogP contribution in [-0.4, -0.2) is 10.2 Å². The van der Waals surface area contributed by atoms with Gasteiger partial charge in [-0.05, 0) is 18.2 Å². The Balaban J connectivity index is 2.71. The van der Waals surface area contributed by atoms with Crippen LogP contribution in [0.4, 0.5) is 14.5 Å². The van der Waals surface area contributed by atoms with E-state index in [1.54, 1.807) is 12.1 Å². The second-order valence-electron chi connectivity index (χ2n) is 2.71. The van der Waals surface area contributed by atoms with Crippen molar-refractivity contribution in [3.8, 4) is 0 Å². The van der Waals surface area contributed by atoms with Gasteiger partial charge in [-0.25, -0.2) is 8.78 Å². The number of hydrogen-bond acceptors (Lipinski definition) is 2. The number of alkyl halides is 2. The van der Waals surface area contributed by atoms with Crippen LogP contribution >= 0.6 is 0 Å². The maximum atomic E-state index is 12.3. The molecule has 0 spiro atoms. The minimum atomic E-state index is -2.57. The number of nitrogens with zero attached hydrogens (tertiary/aromatic N) is 1. The molecular formula is C8H7F2N3. The predicted octanol–water partition coefficient (Wildman–Crippen LogP) is 2.08. The molecular weight excluding hydrogens is 176 g/mol. The summed E-state index contributed by atoms with van der Waals surface area (Å²) in [5.74, 6) is 0. The van der Waals surface area contributed by atoms with Gasteiger partial charge in [0.25, 0.3) is 6.43 Å². The molecule has 3 nitrogen and oxygen atoms in total. The Morgan fingerprint density at radius 3 is 2.85 bits per heavy atom. The summed E-state index contributed by atoms with van der Waals surface area (Å²) < 4.78 is 24.7. The number of halogens is 2. The van der Waals surface area contributed by atoms with Crippen LogP contribution < -0.4 is 5.73 Å². The number of anilines is 1. The molecule has 0 saturated carbocycles. The molecule has 13 heavy (non-hydrogen) atoms. The molecule has 2 rings (SSSR count). The van der Waals surface area contributed by atoms with Gasteiger partial charge < -0.3 is 5.73 Å². The van der Waals surface area contributed by atoms with Gasteiger partial charge in [0.1, 0.15) is 5.69 Å². The fourth-order valence-electron chi connectivity index (χ4n) is 1.22. The van der Waals surface area contributed by atoms with Gasteiger partial charge in [0.2, 0.25) is 0 Å². The molecule has 3 N–H and O–H groups in total. The van der Waals surface area contributed by atoms with Crippen LogP contribution in [0.1, 0.15) is 12.1 Å². The van der Waals surface area contributed by atoms with Crippen LogP contribution in [0.25, 0.3) is 10.9 Å². The maximum Gasteiger partial charge on any atom is 0.282 e. The number of H-pyrrole nitrogens is 1. The molecule has 0 radical (unpaired) electrons. The van der Waals surface area contributed by atoms with Gasteiger partial charge in [0.15, 0.2) is 0 Å². The standard InChI is InChI=1S/C8H7F2N3/c9-8(10)7-5-3-4(11)1-2-6(5)12-13-7/h1-3,8H,11H2,(H,12,13). The molecule has 1 aromatic carbocycles. The normalized spacial score (nSPS) is 11.3. The lowest BCUT2D eigenvalue weighted by molar-refractivity contribution is 0.147. The van der Waals surface area contributed by atoms with Crippen molar-refractivity contribution in [1.82, 2.24) is 10.2 Å². The summed E-state index contributed by atoms with van der Waals surface area (Å²) in [7, 11) is 0. The van der Waals surface area contributed by atoms with Crippen molar-refractivity contribution in [2.75, 3.05) is 5.73 Å². The molecule has 68 valence electrons. The number of benzene rings is 1. The highest BCUT2D eigenvalue weighted by molar-refractivity contribution is 5.84. The molecule has 0 atom stereocenters. The highest BCUT2D eigenvalue weighted by Crippen LogP contribution is 2.26. The van der Waals surface area contributed by atoms with E-state index in [0.29, 0.717) is 16.6 Å². The first-order chi connectivity index (χ1) is 6.18. The lowest BCUT2D eigenvalue weighted by atomic mass is 10.2. The van der Waals surface area contributed by atoms with Gasteiger partial charge in [-0.15, -0.1) is 0 Å². The number of nitrogen functional groups attached to an aromatic ring is 1. The smallest absolute Gasteiger partial charge is 0.282 e. The van der Waals surface area contributed by atoms with E-state index in [1.807, 2.05) is 0 Å². The van der Waals surface area contributed by atoms with Crippen LogP contribution in [-0.2, 0) is 0 Å². The summed E-state index contributed by atoms with van der Waals surface area (Å²) >= 11 is 0. The molecule has 0 unspecified atom stereocenters. The average molecular weight is 183 g/mol. The van der Waals surface area contributed by atoms with Crippen LogP contribution in [0, 0.1) is 0 Å². The van der Waals surface area contributed by atoms with Gasteiger partial charge >= 0.3 is 0 Å². The lowest BCUT2D eigenvalue weighted by Crippen LogP contribution is -1.86. The third kappa shape index (κ3) is 1.22. The Hall–Kier alpha value is -1.65. The van der Waals surface area contributed by atoms with Crippen molar-refractivity contribution in [1.29, 1.82) is 0 Å². The van der Waals surface area contributed by atoms with Crippen molar-refractivity contribution in [3.05, 3.63) is 23.9 Å². The van der Waals surface area contributed by atoms with Crippen molar-refractivity contribution >= 4 is 16.6 Å². The van der Waals surface area contributed by atoms with E-state index in [-0.39, 0.29) is 5.69 Å². The van der Waals surface area contributed by atoms with Gasteiger partial charge in [-0.1, -0.05) is 0 Å². The first-order valence-corrected chi connectivity index (χ1v) is 3.70. The minimum Gasteiger partial charge on any atom is -0.399 e. The second kappa shape index (κ2) is 2.69. The van der Waals surface area contributed by atoms with Crippen molar-refractivity contribution < 1.29 is 8.78 Å². The van der Waals surface area contributed by atoms with E-state index in [9.17, 15) is 8.78 Å². The molecule has 1 aromatic heterocycles. The average Bonchev–Trinajstić information content (AvgIpc) is 2.46. The van der Waals surface area contributed by atoms with Crippen molar-refractivity contribution in [2.24, 2.45) is 0 Å². The number of aromatic amines is 1. The fourth-order valence-corrected chi connectivity index (χ4v) is 1.22. The molecule has 1 heterocycles. The monoisotopic (exact) mass is 183 g/mol. The van der Waals surface area contributed by atoms with Crippen molar-refractivity contribution in [2.45, 2.75) is 6.43 Å². The highest BCUT2D eigenvalue weighted by Gasteiger charge is 2.14. The lowest BCUT2D eigenvalue weighted by Gasteiger charge is -1.95. The van der Waals surface area contributed by atoms with E-state index in [2.05, 4.69) is 10.2 Å². The summed E-state index contributed by atoms with van der Waals surface area (Å²) in [6, 6.07) is 4.75. The van der Waals surface area contributed by atoms with E-state index in [1.165, 1.54) is 6.07 Å². The summed E-state index contributed by atoms with van der Waals surface area (Å²) in [6.07, 6.45) is -2.57. The van der Waals surface area contributed by atoms with Crippen LogP contribution in [0.2, 0.25) is 0 Å². The van der Waals surface area contributed by atoms with E-state index < -0.39 is 6.43 Å². The summed E-state index contributed by atoms with van der Waals surface area (Å²) in [6.45, 7) is 0. The number of rotatable bonds is 1. The molecule has 0 fully saturated rings. The van der Waals surface area contributed by atoms with Gasteiger partial charge in [-0.3, -0.25) is 5.10 Å². The zero-order valence-corrected chi connectivity index (χ0v) is 6.59. The zero-order chi connectivity index (χ0) is 9.42. The molecule has 5 heteroatoms. The quantitative estimate of drug-likeness (QED) is 0.665. The molecule has 0 aliphatic rings. The minimum absolute atomic E-state index is 0.248. The first-order valence-electron chi connectivity index (χ1n) is 3.70. The number of nitrogens with one attached hydrogen (secondary N) is 1. The van der Waals surface area contributed by atoms with Gasteiger partial charge in [-0.2, -0.15) is 5.10 Å². The van der Waals surface area contributed by atoms with E-state index in [0.717, 1.165) is 0 Å². The fraction of sp³-hybridized carbons (Fsp3) is 0.125. The Morgan fingerprint density at radius 2 is 2.15 bits per heavy atom. The van der Waals surface area contributed by atoms with Crippen LogP contribution in [0.3, 0.4) is 0 Å². The van der Waals surface area contributed by atoms with Gasteiger partial charge in [0.05, 0.1) is 5.52 Å². The summed E-state index contributed by atoms with van der Waals surface area (Å²) in [4.78, 5) is 0. The molecule has 0 aliphatic heterocycles. The molecule has 0 bridgehead atoms. The molecule has 0 amide bonds. The Bertz CT molecular complexity index is 436. The number of fused-ring (bicyclic) bond motifs is 1. The van der Waals surface area contributed by atoms with Gasteiger partial charge in [0, 0.05) is 11.1 Å². The summed E-state index contributed by atoms with van der Waals surface area (Å²) in [5.41, 5.74) is 6.25. The van der Waals surface area contributed by atoms with E-state index in [4.69, 9.17) is 5.73 Å². The van der Waals surface area contributed by atoms with Crippen LogP contribution in [0.15, 0.2) is 18.2 Å². The number of aromatic nitrogens is 2. The predicted molar refractivity (Wildman–Crippen MR) is 45.5 cm³/mol. The van der Waals surface area contributed by atoms with Crippen LogP contribution in [0.5, 0.6) is 0 Å². The molecule has 2 aromatic rings. The first kappa shape index (κ1) is 7.97. The number of hydrogen-bond donors (Lipinski definition) is 2. The molecule has 0 saturated heterocycles.